The molecule has 6 nitrogen and oxygen atoms in total. The van der Waals surface area contributed by atoms with Crippen molar-refractivity contribution in [2.45, 2.75) is 38.7 Å². The van der Waals surface area contributed by atoms with Gasteiger partial charge in [0.1, 0.15) is 17.3 Å². The molecule has 1 aliphatic rings. The summed E-state index contributed by atoms with van der Waals surface area (Å²) in [6.07, 6.45) is 5.47. The molecule has 20 heavy (non-hydrogen) atoms. The van der Waals surface area contributed by atoms with Crippen molar-refractivity contribution >= 4 is 23.2 Å². The van der Waals surface area contributed by atoms with E-state index in [4.69, 9.17) is 11.6 Å². The molecule has 0 radical (unpaired) electrons. The Hall–Kier alpha value is -1.40. The third-order valence-corrected chi connectivity index (χ3v) is 4.37. The van der Waals surface area contributed by atoms with Crippen LogP contribution in [0.25, 0.3) is 5.78 Å². The zero-order valence-electron chi connectivity index (χ0n) is 11.4. The van der Waals surface area contributed by atoms with Gasteiger partial charge < -0.3 is 10.4 Å². The lowest BCUT2D eigenvalue weighted by Crippen LogP contribution is -2.31. The van der Waals surface area contributed by atoms with Crippen LogP contribution in [0.5, 0.6) is 0 Å². The van der Waals surface area contributed by atoms with E-state index in [1.165, 1.54) is 12.7 Å². The molecule has 2 atom stereocenters. The van der Waals surface area contributed by atoms with Crippen molar-refractivity contribution in [2.75, 3.05) is 11.9 Å². The van der Waals surface area contributed by atoms with Gasteiger partial charge in [-0.05, 0) is 19.8 Å². The van der Waals surface area contributed by atoms with Crippen LogP contribution in [0, 0.1) is 12.8 Å². The average molecular weight is 296 g/mol. The van der Waals surface area contributed by atoms with Crippen molar-refractivity contribution in [3.63, 3.8) is 0 Å². The van der Waals surface area contributed by atoms with Gasteiger partial charge in [-0.1, -0.05) is 24.4 Å². The molecule has 108 valence electrons. The first-order valence-corrected chi connectivity index (χ1v) is 7.32. The van der Waals surface area contributed by atoms with Gasteiger partial charge in [-0.25, -0.2) is 0 Å². The van der Waals surface area contributed by atoms with Crippen molar-refractivity contribution in [2.24, 2.45) is 5.92 Å². The summed E-state index contributed by atoms with van der Waals surface area (Å²) in [5.41, 5.74) is 0.843. The van der Waals surface area contributed by atoms with Gasteiger partial charge in [0.2, 0.25) is 0 Å². The highest BCUT2D eigenvalue weighted by Gasteiger charge is 2.23. The van der Waals surface area contributed by atoms with E-state index in [9.17, 15) is 5.11 Å². The molecule has 0 spiro atoms. The van der Waals surface area contributed by atoms with Crippen LogP contribution in [0.4, 0.5) is 5.82 Å². The minimum atomic E-state index is -0.222. The lowest BCUT2D eigenvalue weighted by Gasteiger charge is -2.28. The number of fused-ring (bicyclic) bond motifs is 1. The van der Waals surface area contributed by atoms with E-state index in [2.05, 4.69) is 20.4 Å². The molecular formula is C13H18ClN5O. The summed E-state index contributed by atoms with van der Waals surface area (Å²) in [4.78, 5) is 8.23. The number of aliphatic hydroxyl groups is 1. The smallest absolute Gasteiger partial charge is 0.255 e. The fourth-order valence-electron chi connectivity index (χ4n) is 2.76. The van der Waals surface area contributed by atoms with Crippen LogP contribution < -0.4 is 5.32 Å². The third kappa shape index (κ3) is 2.45. The number of rotatable bonds is 3. The van der Waals surface area contributed by atoms with Crippen molar-refractivity contribution in [1.82, 2.24) is 19.6 Å². The van der Waals surface area contributed by atoms with E-state index in [0.29, 0.717) is 17.5 Å². The molecule has 3 rings (SSSR count). The number of halogens is 1. The number of aromatic nitrogens is 4. The standard InChI is InChI=1S/C13H18ClN5O/c1-8-11(14)18-13-16-7-17-19(13)12(8)15-6-9-4-2-3-5-10(9)20/h7,9-10,15,20H,2-6H2,1H3. The molecule has 0 saturated heterocycles. The fraction of sp³-hybridized carbons (Fsp3) is 0.615. The Morgan fingerprint density at radius 1 is 1.45 bits per heavy atom. The van der Waals surface area contributed by atoms with E-state index in [1.54, 1.807) is 4.52 Å². The first kappa shape index (κ1) is 13.6. The molecule has 2 heterocycles. The SMILES string of the molecule is Cc1c(Cl)nc2ncnn2c1NCC1CCCCC1O. The number of hydrogen-bond acceptors (Lipinski definition) is 5. The Labute approximate surface area is 122 Å². The molecule has 0 aliphatic heterocycles. The third-order valence-electron chi connectivity index (χ3n) is 4.01. The predicted octanol–water partition coefficient (Wildman–Crippen LogP) is 2.05. The number of nitrogens with one attached hydrogen (secondary N) is 1. The van der Waals surface area contributed by atoms with Gasteiger partial charge in [0, 0.05) is 18.0 Å². The van der Waals surface area contributed by atoms with Crippen molar-refractivity contribution < 1.29 is 5.11 Å². The first-order valence-electron chi connectivity index (χ1n) is 6.94. The molecule has 1 fully saturated rings. The molecule has 1 aliphatic carbocycles. The maximum atomic E-state index is 10.0. The molecule has 0 bridgehead atoms. The van der Waals surface area contributed by atoms with Crippen LogP contribution in [-0.2, 0) is 0 Å². The largest absolute Gasteiger partial charge is 0.393 e. The summed E-state index contributed by atoms with van der Waals surface area (Å²) in [6.45, 7) is 2.60. The van der Waals surface area contributed by atoms with E-state index in [0.717, 1.165) is 30.6 Å². The molecule has 0 aromatic carbocycles. The molecule has 2 aromatic heterocycles. The van der Waals surface area contributed by atoms with Crippen LogP contribution in [-0.4, -0.2) is 37.3 Å². The van der Waals surface area contributed by atoms with Crippen LogP contribution >= 0.6 is 11.6 Å². The topological polar surface area (TPSA) is 75.3 Å². The van der Waals surface area contributed by atoms with Gasteiger partial charge in [0.15, 0.2) is 0 Å². The molecule has 2 unspecified atom stereocenters. The number of hydrogen-bond donors (Lipinski definition) is 2. The first-order chi connectivity index (χ1) is 9.66. The Bertz CT molecular complexity index is 614. The summed E-state index contributed by atoms with van der Waals surface area (Å²) in [5.74, 6) is 1.55. The Balaban J connectivity index is 1.83. The van der Waals surface area contributed by atoms with Crippen molar-refractivity contribution in [3.05, 3.63) is 17.0 Å². The number of aliphatic hydroxyl groups excluding tert-OH is 1. The summed E-state index contributed by atoms with van der Waals surface area (Å²) < 4.78 is 1.65. The highest BCUT2D eigenvalue weighted by Crippen LogP contribution is 2.26. The second-order valence-electron chi connectivity index (χ2n) is 5.34. The minimum Gasteiger partial charge on any atom is -0.393 e. The zero-order chi connectivity index (χ0) is 14.1. The lowest BCUT2D eigenvalue weighted by molar-refractivity contribution is 0.0762. The number of anilines is 1. The van der Waals surface area contributed by atoms with Gasteiger partial charge in [-0.15, -0.1) is 0 Å². The minimum absolute atomic E-state index is 0.222. The second-order valence-corrected chi connectivity index (χ2v) is 5.70. The molecule has 7 heteroatoms. The Morgan fingerprint density at radius 3 is 3.05 bits per heavy atom. The van der Waals surface area contributed by atoms with E-state index in [-0.39, 0.29) is 12.0 Å². The van der Waals surface area contributed by atoms with E-state index < -0.39 is 0 Å². The van der Waals surface area contributed by atoms with Crippen LogP contribution in [0.2, 0.25) is 5.15 Å². The monoisotopic (exact) mass is 295 g/mol. The summed E-state index contributed by atoms with van der Waals surface area (Å²) in [6, 6.07) is 0. The summed E-state index contributed by atoms with van der Waals surface area (Å²) in [5, 5.41) is 18.0. The van der Waals surface area contributed by atoms with E-state index >= 15 is 0 Å². The summed E-state index contributed by atoms with van der Waals surface area (Å²) >= 11 is 6.12. The van der Waals surface area contributed by atoms with Crippen LogP contribution in [0.3, 0.4) is 0 Å². The maximum absolute atomic E-state index is 10.0. The molecule has 2 N–H and O–H groups in total. The molecule has 1 saturated carbocycles. The average Bonchev–Trinajstić information content (AvgIpc) is 2.89. The fourth-order valence-corrected chi connectivity index (χ4v) is 2.92. The van der Waals surface area contributed by atoms with E-state index in [1.807, 2.05) is 6.92 Å². The maximum Gasteiger partial charge on any atom is 0.255 e. The zero-order valence-corrected chi connectivity index (χ0v) is 12.1. The lowest BCUT2D eigenvalue weighted by atomic mass is 9.86. The quantitative estimate of drug-likeness (QED) is 0.848. The molecule has 2 aromatic rings. The van der Waals surface area contributed by atoms with Gasteiger partial charge in [-0.3, -0.25) is 0 Å². The predicted molar refractivity (Wildman–Crippen MR) is 77.0 cm³/mol. The molecular weight excluding hydrogens is 278 g/mol. The van der Waals surface area contributed by atoms with Gasteiger partial charge >= 0.3 is 0 Å². The van der Waals surface area contributed by atoms with Crippen LogP contribution in [0.15, 0.2) is 6.33 Å². The Morgan fingerprint density at radius 2 is 2.25 bits per heavy atom. The van der Waals surface area contributed by atoms with Gasteiger partial charge in [-0.2, -0.15) is 19.6 Å². The van der Waals surface area contributed by atoms with Crippen molar-refractivity contribution in [1.29, 1.82) is 0 Å². The van der Waals surface area contributed by atoms with Gasteiger partial charge in [0.05, 0.1) is 6.10 Å². The highest BCUT2D eigenvalue weighted by atomic mass is 35.5. The Kier molecular flexibility index (Phi) is 3.76. The molecule has 0 amide bonds. The van der Waals surface area contributed by atoms with Gasteiger partial charge in [0.25, 0.3) is 5.78 Å². The number of nitrogens with zero attached hydrogens (tertiary/aromatic N) is 4. The highest BCUT2D eigenvalue weighted by molar-refractivity contribution is 6.30. The van der Waals surface area contributed by atoms with Crippen molar-refractivity contribution in [3.8, 4) is 0 Å². The van der Waals surface area contributed by atoms with Crippen LogP contribution in [0.1, 0.15) is 31.2 Å². The second kappa shape index (κ2) is 5.54. The normalized spacial score (nSPS) is 23.1. The summed E-state index contributed by atoms with van der Waals surface area (Å²) in [7, 11) is 0.